The van der Waals surface area contributed by atoms with Gasteiger partial charge in [0, 0.05) is 46.7 Å². The summed E-state index contributed by atoms with van der Waals surface area (Å²) in [5, 5.41) is 9.58. The van der Waals surface area contributed by atoms with E-state index in [0.29, 0.717) is 25.6 Å². The van der Waals surface area contributed by atoms with Gasteiger partial charge in [-0.1, -0.05) is 32.1 Å². The third kappa shape index (κ3) is 6.11. The second-order valence-electron chi connectivity index (χ2n) is 8.17. The summed E-state index contributed by atoms with van der Waals surface area (Å²) in [7, 11) is 5.37. The molecular weight excluding hydrogens is 342 g/mol. The molecule has 0 aromatic carbocycles. The molecule has 0 heterocycles. The molecule has 154 valence electrons. The Hall–Kier alpha value is -1.79. The van der Waals surface area contributed by atoms with E-state index in [1.807, 2.05) is 14.1 Å². The molecule has 2 aliphatic rings. The molecule has 0 aromatic rings. The van der Waals surface area contributed by atoms with Gasteiger partial charge in [0.1, 0.15) is 0 Å². The second-order valence-corrected chi connectivity index (χ2v) is 8.17. The molecule has 0 spiro atoms. The zero-order valence-electron chi connectivity index (χ0n) is 17.3. The molecule has 3 N–H and O–H groups in total. The van der Waals surface area contributed by atoms with Crippen LogP contribution in [0.2, 0.25) is 0 Å². The Morgan fingerprint density at radius 1 is 0.963 bits per heavy atom. The van der Waals surface area contributed by atoms with Gasteiger partial charge in [-0.2, -0.15) is 0 Å². The number of nitrogens with zero attached hydrogens (tertiary/aromatic N) is 2. The quantitative estimate of drug-likeness (QED) is 0.355. The smallest absolute Gasteiger partial charge is 0.230 e. The van der Waals surface area contributed by atoms with Crippen molar-refractivity contribution in [1.82, 2.24) is 20.9 Å². The van der Waals surface area contributed by atoms with Crippen LogP contribution in [0, 0.1) is 11.3 Å². The molecule has 2 amide bonds. The first-order valence-corrected chi connectivity index (χ1v) is 10.4. The molecule has 7 nitrogen and oxygen atoms in total. The van der Waals surface area contributed by atoms with Gasteiger partial charge in [-0.25, -0.2) is 0 Å². The zero-order valence-corrected chi connectivity index (χ0v) is 17.3. The average molecular weight is 380 g/mol. The molecule has 0 aromatic heterocycles. The van der Waals surface area contributed by atoms with E-state index >= 15 is 0 Å². The third-order valence-corrected chi connectivity index (χ3v) is 5.93. The average Bonchev–Trinajstić information content (AvgIpc) is 3.17. The Morgan fingerprint density at radius 2 is 1.59 bits per heavy atom. The van der Waals surface area contributed by atoms with E-state index in [4.69, 9.17) is 0 Å². The predicted molar refractivity (Wildman–Crippen MR) is 109 cm³/mol. The highest BCUT2D eigenvalue weighted by atomic mass is 16.2. The highest BCUT2D eigenvalue weighted by molar-refractivity contribution is 5.85. The summed E-state index contributed by atoms with van der Waals surface area (Å²) < 4.78 is 0. The van der Waals surface area contributed by atoms with E-state index < -0.39 is 0 Å². The van der Waals surface area contributed by atoms with Gasteiger partial charge in [-0.15, -0.1) is 0 Å². The van der Waals surface area contributed by atoms with Gasteiger partial charge in [0.15, 0.2) is 5.96 Å². The molecule has 0 unspecified atom stereocenters. The van der Waals surface area contributed by atoms with Gasteiger partial charge in [-0.05, 0) is 25.7 Å². The first-order chi connectivity index (χ1) is 13.0. The Labute approximate surface area is 163 Å². The maximum absolute atomic E-state index is 12.6. The van der Waals surface area contributed by atoms with E-state index in [1.165, 1.54) is 19.3 Å². The fourth-order valence-corrected chi connectivity index (χ4v) is 4.34. The van der Waals surface area contributed by atoms with Gasteiger partial charge in [0.05, 0.1) is 5.41 Å². The summed E-state index contributed by atoms with van der Waals surface area (Å²) in [4.78, 5) is 30.7. The minimum absolute atomic E-state index is 0.181. The maximum Gasteiger partial charge on any atom is 0.230 e. The van der Waals surface area contributed by atoms with Crippen LogP contribution >= 0.6 is 0 Å². The molecular formula is C20H37N5O2. The normalized spacial score (nSPS) is 20.2. The van der Waals surface area contributed by atoms with Gasteiger partial charge in [-0.3, -0.25) is 14.6 Å². The lowest BCUT2D eigenvalue weighted by Crippen LogP contribution is -2.50. The van der Waals surface area contributed by atoms with Crippen molar-refractivity contribution in [2.45, 2.75) is 57.8 Å². The summed E-state index contributed by atoms with van der Waals surface area (Å²) >= 11 is 0. The number of hydrogen-bond donors (Lipinski definition) is 3. The van der Waals surface area contributed by atoms with Crippen molar-refractivity contribution >= 4 is 17.8 Å². The SMILES string of the molecule is CN=C(NCCNC(=O)C1CCCCC1)NCC1(C(=O)N(C)C)CCCC1. The first-order valence-electron chi connectivity index (χ1n) is 10.4. The van der Waals surface area contributed by atoms with E-state index in [0.717, 1.165) is 38.5 Å². The number of rotatable bonds is 7. The fraction of sp³-hybridized carbons (Fsp3) is 0.850. The molecule has 2 saturated carbocycles. The Bertz CT molecular complexity index is 520. The van der Waals surface area contributed by atoms with Crippen LogP contribution in [0.15, 0.2) is 4.99 Å². The summed E-state index contributed by atoms with van der Waals surface area (Å²) in [6.07, 6.45) is 9.67. The number of carbonyl (C=O) groups is 2. The number of guanidine groups is 1. The number of carbonyl (C=O) groups excluding carboxylic acids is 2. The Kier molecular flexibility index (Phi) is 8.38. The molecule has 0 saturated heterocycles. The van der Waals surface area contributed by atoms with Crippen LogP contribution in [0.3, 0.4) is 0 Å². The highest BCUT2D eigenvalue weighted by Gasteiger charge is 2.42. The van der Waals surface area contributed by atoms with Crippen molar-refractivity contribution in [3.63, 3.8) is 0 Å². The van der Waals surface area contributed by atoms with Crippen LogP contribution < -0.4 is 16.0 Å². The van der Waals surface area contributed by atoms with E-state index in [2.05, 4.69) is 20.9 Å². The standard InChI is InChI=1S/C20H37N5O2/c1-21-19(23-14-13-22-17(26)16-9-5-4-6-10-16)24-15-20(11-7-8-12-20)18(27)25(2)3/h16H,4-15H2,1-3H3,(H,22,26)(H2,21,23,24). The van der Waals surface area contributed by atoms with Crippen LogP contribution in [0.5, 0.6) is 0 Å². The van der Waals surface area contributed by atoms with Gasteiger partial charge < -0.3 is 20.9 Å². The molecule has 27 heavy (non-hydrogen) atoms. The van der Waals surface area contributed by atoms with Crippen molar-refractivity contribution in [2.24, 2.45) is 16.3 Å². The van der Waals surface area contributed by atoms with E-state index in [-0.39, 0.29) is 23.1 Å². The number of aliphatic imine (C=N–C) groups is 1. The van der Waals surface area contributed by atoms with E-state index in [9.17, 15) is 9.59 Å². The summed E-state index contributed by atoms with van der Waals surface area (Å²) in [6.45, 7) is 1.79. The number of amides is 2. The molecule has 7 heteroatoms. The van der Waals surface area contributed by atoms with Crippen molar-refractivity contribution in [1.29, 1.82) is 0 Å². The lowest BCUT2D eigenvalue weighted by atomic mass is 9.84. The van der Waals surface area contributed by atoms with Crippen LogP contribution in [0.1, 0.15) is 57.8 Å². The van der Waals surface area contributed by atoms with Crippen molar-refractivity contribution in [3.8, 4) is 0 Å². The lowest BCUT2D eigenvalue weighted by molar-refractivity contribution is -0.138. The molecule has 0 aliphatic heterocycles. The van der Waals surface area contributed by atoms with Crippen LogP contribution in [0.4, 0.5) is 0 Å². The monoisotopic (exact) mass is 379 g/mol. The summed E-state index contributed by atoms with van der Waals surface area (Å²) in [5.41, 5.74) is -0.323. The molecule has 0 atom stereocenters. The highest BCUT2D eigenvalue weighted by Crippen LogP contribution is 2.38. The largest absolute Gasteiger partial charge is 0.355 e. The van der Waals surface area contributed by atoms with E-state index in [1.54, 1.807) is 11.9 Å². The predicted octanol–water partition coefficient (Wildman–Crippen LogP) is 1.50. The van der Waals surface area contributed by atoms with Crippen LogP contribution in [-0.2, 0) is 9.59 Å². The maximum atomic E-state index is 12.6. The van der Waals surface area contributed by atoms with Gasteiger partial charge >= 0.3 is 0 Å². The molecule has 0 radical (unpaired) electrons. The molecule has 0 bridgehead atoms. The first kappa shape index (κ1) is 21.5. The Balaban J connectivity index is 1.72. The minimum Gasteiger partial charge on any atom is -0.355 e. The van der Waals surface area contributed by atoms with Gasteiger partial charge in [0.25, 0.3) is 0 Å². The van der Waals surface area contributed by atoms with Crippen molar-refractivity contribution < 1.29 is 9.59 Å². The Morgan fingerprint density at radius 3 is 2.19 bits per heavy atom. The topological polar surface area (TPSA) is 85.8 Å². The summed E-state index contributed by atoms with van der Waals surface area (Å²) in [5.74, 6) is 1.25. The number of nitrogens with one attached hydrogen (secondary N) is 3. The fourth-order valence-electron chi connectivity index (χ4n) is 4.34. The van der Waals surface area contributed by atoms with Crippen LogP contribution in [-0.4, -0.2) is 63.5 Å². The minimum atomic E-state index is -0.323. The van der Waals surface area contributed by atoms with Gasteiger partial charge in [0.2, 0.25) is 11.8 Å². The van der Waals surface area contributed by atoms with Crippen LogP contribution in [0.25, 0.3) is 0 Å². The molecule has 2 rings (SSSR count). The summed E-state index contributed by atoms with van der Waals surface area (Å²) in [6, 6.07) is 0. The number of hydrogen-bond acceptors (Lipinski definition) is 3. The van der Waals surface area contributed by atoms with Crippen molar-refractivity contribution in [3.05, 3.63) is 0 Å². The second kappa shape index (κ2) is 10.5. The third-order valence-electron chi connectivity index (χ3n) is 5.93. The molecule has 2 aliphatic carbocycles. The molecule has 2 fully saturated rings. The zero-order chi connectivity index (χ0) is 19.7. The lowest BCUT2D eigenvalue weighted by Gasteiger charge is -2.31. The van der Waals surface area contributed by atoms with Crippen molar-refractivity contribution in [2.75, 3.05) is 40.8 Å².